The van der Waals surface area contributed by atoms with E-state index in [1.54, 1.807) is 39.8 Å². The molecule has 6 rings (SSSR count). The number of aliphatic hydroxyl groups excluding tert-OH is 1. The number of para-hydroxylation sites is 3. The number of H-pyrrole nitrogens is 1. The highest BCUT2D eigenvalue weighted by atomic mass is 16.7. The fourth-order valence-corrected chi connectivity index (χ4v) is 5.80. The number of nitrogens with zero attached hydrogens (tertiary/aromatic N) is 2. The van der Waals surface area contributed by atoms with Gasteiger partial charge in [-0.15, -0.1) is 0 Å². The van der Waals surface area contributed by atoms with Crippen molar-refractivity contribution in [1.29, 1.82) is 0 Å². The van der Waals surface area contributed by atoms with Gasteiger partial charge in [-0.25, -0.2) is 4.79 Å². The summed E-state index contributed by atoms with van der Waals surface area (Å²) in [6.45, 7) is 1.43. The highest BCUT2D eigenvalue weighted by Crippen LogP contribution is 2.33. The topological polar surface area (TPSA) is 136 Å². The van der Waals surface area contributed by atoms with Crippen LogP contribution in [0.15, 0.2) is 80.6 Å². The minimum atomic E-state index is -0.787. The molecule has 0 spiro atoms. The maximum absolute atomic E-state index is 13.7. The molecular formula is C31H33N3O8. The Morgan fingerprint density at radius 2 is 1.81 bits per heavy atom. The molecule has 42 heavy (non-hydrogen) atoms. The molecule has 2 aromatic carbocycles. The molecule has 1 saturated heterocycles. The lowest BCUT2D eigenvalue weighted by Gasteiger charge is -2.35. The minimum absolute atomic E-state index is 0.0380. The van der Waals surface area contributed by atoms with E-state index in [-0.39, 0.29) is 55.3 Å². The van der Waals surface area contributed by atoms with Crippen LogP contribution in [-0.4, -0.2) is 71.3 Å². The first kappa shape index (κ1) is 28.0. The van der Waals surface area contributed by atoms with Gasteiger partial charge in [-0.3, -0.25) is 14.2 Å². The number of carbonyl (C=O) groups excluding carboxylic acids is 1. The van der Waals surface area contributed by atoms with Gasteiger partial charge >= 0.3 is 5.69 Å². The van der Waals surface area contributed by atoms with E-state index in [0.29, 0.717) is 48.9 Å². The molecule has 0 bridgehead atoms. The van der Waals surface area contributed by atoms with Gasteiger partial charge in [0.15, 0.2) is 11.2 Å². The Balaban J connectivity index is 1.21. The molecule has 2 aromatic heterocycles. The van der Waals surface area contributed by atoms with Crippen LogP contribution < -0.4 is 11.1 Å². The number of amides is 1. The number of imidazole rings is 1. The molecular weight excluding hydrogens is 542 g/mol. The van der Waals surface area contributed by atoms with Gasteiger partial charge in [-0.05, 0) is 43.2 Å². The Bertz CT molecular complexity index is 1710. The number of likely N-dealkylation sites (tertiary alicyclic amines) is 1. The van der Waals surface area contributed by atoms with Crippen LogP contribution in [0, 0.1) is 0 Å². The summed E-state index contributed by atoms with van der Waals surface area (Å²) in [5.41, 5.74) is 2.24. The van der Waals surface area contributed by atoms with E-state index in [4.69, 9.17) is 23.7 Å². The quantitative estimate of drug-likeness (QED) is 0.291. The number of piperidine rings is 1. The van der Waals surface area contributed by atoms with Gasteiger partial charge in [0.1, 0.15) is 5.58 Å². The lowest BCUT2D eigenvalue weighted by Crippen LogP contribution is -2.42. The van der Waals surface area contributed by atoms with Crippen LogP contribution in [0.25, 0.3) is 22.0 Å². The Labute approximate surface area is 240 Å². The first-order chi connectivity index (χ1) is 20.5. The maximum atomic E-state index is 13.7. The molecule has 0 saturated carbocycles. The first-order valence-corrected chi connectivity index (χ1v) is 14.2. The largest absolute Gasteiger partial charge is 0.464 e. The van der Waals surface area contributed by atoms with Crippen molar-refractivity contribution in [3.8, 4) is 0 Å². The predicted molar refractivity (Wildman–Crippen MR) is 154 cm³/mol. The summed E-state index contributed by atoms with van der Waals surface area (Å²) in [4.78, 5) is 44.4. The third kappa shape index (κ3) is 5.63. The standard InChI is InChI=1S/C31H33N3O8/c35-13-14-39-15-16-40-28-18-20(23-19-41-26-8-4-1-5-22(26)29(23)36)17-27(42-28)30(37)33-11-9-21(10-12-33)34-25-7-3-2-6-24(25)32-31(34)38/h1-8,17,19-21,28,35H,9-16,18H2,(H,32,38)/t20-,28+/m0/s1. The van der Waals surface area contributed by atoms with Crippen LogP contribution in [0.5, 0.6) is 0 Å². The number of aromatic amines is 1. The average molecular weight is 576 g/mol. The second-order valence-electron chi connectivity index (χ2n) is 10.5. The Morgan fingerprint density at radius 1 is 1.02 bits per heavy atom. The second-order valence-corrected chi connectivity index (χ2v) is 10.5. The molecule has 4 aromatic rings. The van der Waals surface area contributed by atoms with Crippen LogP contribution in [0.4, 0.5) is 0 Å². The van der Waals surface area contributed by atoms with Gasteiger partial charge in [0.2, 0.25) is 6.29 Å². The predicted octanol–water partition coefficient (Wildman–Crippen LogP) is 3.04. The first-order valence-electron chi connectivity index (χ1n) is 14.2. The summed E-state index contributed by atoms with van der Waals surface area (Å²) in [5, 5.41) is 9.39. The number of fused-ring (bicyclic) bond motifs is 2. The van der Waals surface area contributed by atoms with Gasteiger partial charge in [0.05, 0.1) is 49.1 Å². The molecule has 220 valence electrons. The van der Waals surface area contributed by atoms with Crippen LogP contribution >= 0.6 is 0 Å². The molecule has 0 aliphatic carbocycles. The van der Waals surface area contributed by atoms with E-state index in [0.717, 1.165) is 11.0 Å². The maximum Gasteiger partial charge on any atom is 0.326 e. The van der Waals surface area contributed by atoms with Crippen LogP contribution in [0.2, 0.25) is 0 Å². The normalized spacial score (nSPS) is 19.6. The van der Waals surface area contributed by atoms with Gasteiger partial charge in [-0.2, -0.15) is 0 Å². The number of allylic oxidation sites excluding steroid dienone is 1. The van der Waals surface area contributed by atoms with Gasteiger partial charge in [0, 0.05) is 37.0 Å². The number of aliphatic hydroxyl groups is 1. The fourth-order valence-electron chi connectivity index (χ4n) is 5.80. The van der Waals surface area contributed by atoms with Gasteiger partial charge < -0.3 is 33.6 Å². The number of aromatic nitrogens is 2. The fraction of sp³-hybridized carbons (Fsp3) is 0.387. The van der Waals surface area contributed by atoms with E-state index in [1.165, 1.54) is 6.26 Å². The molecule has 4 heterocycles. The number of hydrogen-bond acceptors (Lipinski definition) is 8. The molecule has 2 aliphatic heterocycles. The van der Waals surface area contributed by atoms with Crippen molar-refractivity contribution in [2.75, 3.05) is 39.5 Å². The number of hydrogen-bond donors (Lipinski definition) is 2. The number of rotatable bonds is 9. The Hall–Kier alpha value is -4.19. The number of nitrogens with one attached hydrogen (secondary N) is 1. The third-order valence-electron chi connectivity index (χ3n) is 7.88. The molecule has 1 fully saturated rings. The summed E-state index contributed by atoms with van der Waals surface area (Å²) in [5.74, 6) is -0.646. The molecule has 0 unspecified atom stereocenters. The molecule has 2 N–H and O–H groups in total. The van der Waals surface area contributed by atoms with E-state index >= 15 is 0 Å². The second kappa shape index (κ2) is 12.4. The summed E-state index contributed by atoms with van der Waals surface area (Å²) < 4.78 is 24.7. The lowest BCUT2D eigenvalue weighted by atomic mass is 9.93. The van der Waals surface area contributed by atoms with E-state index in [1.807, 2.05) is 24.3 Å². The highest BCUT2D eigenvalue weighted by molar-refractivity contribution is 5.92. The zero-order chi connectivity index (χ0) is 29.1. The van der Waals surface area contributed by atoms with E-state index in [2.05, 4.69) is 4.98 Å². The Morgan fingerprint density at radius 3 is 2.64 bits per heavy atom. The molecule has 2 aliphatic rings. The number of carbonyl (C=O) groups is 1. The zero-order valence-electron chi connectivity index (χ0n) is 23.1. The smallest absolute Gasteiger partial charge is 0.326 e. The van der Waals surface area contributed by atoms with Gasteiger partial charge in [0.25, 0.3) is 5.91 Å². The zero-order valence-corrected chi connectivity index (χ0v) is 23.1. The van der Waals surface area contributed by atoms with Gasteiger partial charge in [-0.1, -0.05) is 24.3 Å². The molecule has 11 heteroatoms. The highest BCUT2D eigenvalue weighted by Gasteiger charge is 2.34. The average Bonchev–Trinajstić information content (AvgIpc) is 3.36. The summed E-state index contributed by atoms with van der Waals surface area (Å²) in [7, 11) is 0. The van der Waals surface area contributed by atoms with Crippen LogP contribution in [0.1, 0.15) is 36.8 Å². The molecule has 2 atom stereocenters. The minimum Gasteiger partial charge on any atom is -0.464 e. The van der Waals surface area contributed by atoms with Crippen molar-refractivity contribution in [2.45, 2.75) is 37.5 Å². The number of ether oxygens (including phenoxy) is 3. The van der Waals surface area contributed by atoms with Crippen molar-refractivity contribution in [3.63, 3.8) is 0 Å². The van der Waals surface area contributed by atoms with Crippen molar-refractivity contribution in [3.05, 3.63) is 92.9 Å². The summed E-state index contributed by atoms with van der Waals surface area (Å²) >= 11 is 0. The van der Waals surface area contributed by atoms with Crippen LogP contribution in [-0.2, 0) is 19.0 Å². The van der Waals surface area contributed by atoms with Crippen LogP contribution in [0.3, 0.4) is 0 Å². The lowest BCUT2D eigenvalue weighted by molar-refractivity contribution is -0.157. The summed E-state index contributed by atoms with van der Waals surface area (Å²) in [6, 6.07) is 14.6. The molecule has 11 nitrogen and oxygen atoms in total. The molecule has 0 radical (unpaired) electrons. The SMILES string of the molecule is O=C(C1=C[C@H](c2coc3ccccc3c2=O)C[C@H](OCCOCCO)O1)N1CCC(n2c(=O)[nH]c3ccccc32)CC1. The van der Waals surface area contributed by atoms with Crippen molar-refractivity contribution in [1.82, 2.24) is 14.5 Å². The number of benzene rings is 2. The monoisotopic (exact) mass is 575 g/mol. The van der Waals surface area contributed by atoms with E-state index < -0.39 is 12.2 Å². The third-order valence-corrected chi connectivity index (χ3v) is 7.88. The van der Waals surface area contributed by atoms with Crippen molar-refractivity contribution < 1.29 is 28.5 Å². The Kier molecular flexibility index (Phi) is 8.22. The summed E-state index contributed by atoms with van der Waals surface area (Å²) in [6.07, 6.45) is 3.88. The molecule has 1 amide bonds. The van der Waals surface area contributed by atoms with Crippen molar-refractivity contribution >= 4 is 27.9 Å². The van der Waals surface area contributed by atoms with E-state index in [9.17, 15) is 14.4 Å². The van der Waals surface area contributed by atoms with Crippen molar-refractivity contribution in [2.24, 2.45) is 0 Å².